The fraction of sp³-hybridized carbons (Fsp3) is 0.571. The van der Waals surface area contributed by atoms with Gasteiger partial charge in [-0.15, -0.1) is 0 Å². The lowest BCUT2D eigenvalue weighted by atomic mass is 9.93. The van der Waals surface area contributed by atoms with E-state index in [0.29, 0.717) is 5.92 Å². The molecule has 1 aliphatic carbocycles. The largest absolute Gasteiger partial charge is 0.496 e. The van der Waals surface area contributed by atoms with E-state index in [4.69, 9.17) is 10.5 Å². The van der Waals surface area contributed by atoms with Crippen LogP contribution in [0, 0.1) is 0 Å². The minimum absolute atomic E-state index is 0.492. The third-order valence-electron chi connectivity index (χ3n) is 3.60. The molecule has 1 atom stereocenters. The summed E-state index contributed by atoms with van der Waals surface area (Å²) in [7, 11) is 1.78. The predicted octanol–water partition coefficient (Wildman–Crippen LogP) is 2.64. The third-order valence-corrected chi connectivity index (χ3v) is 3.60. The lowest BCUT2D eigenvalue weighted by Gasteiger charge is -2.18. The first kappa shape index (κ1) is 11.5. The highest BCUT2D eigenvalue weighted by molar-refractivity contribution is 5.50. The van der Waals surface area contributed by atoms with Crippen LogP contribution in [-0.2, 0) is 12.8 Å². The Hall–Kier alpha value is -1.02. The number of methoxy groups -OCH3 is 1. The molecule has 0 bridgehead atoms. The molecule has 0 spiro atoms. The van der Waals surface area contributed by atoms with Gasteiger partial charge in [-0.1, -0.05) is 19.1 Å². The number of benzene rings is 1. The topological polar surface area (TPSA) is 35.2 Å². The standard InChI is InChI=1S/C14H21NO/c1-10(8-9-15)12-7-6-11-4-3-5-13(11)14(12)16-2/h6-7,10H,3-5,8-9,15H2,1-2H3. The predicted molar refractivity (Wildman–Crippen MR) is 67.1 cm³/mol. The number of aryl methyl sites for hydroxylation is 1. The highest BCUT2D eigenvalue weighted by Gasteiger charge is 2.20. The van der Waals surface area contributed by atoms with Crippen molar-refractivity contribution in [2.75, 3.05) is 13.7 Å². The fourth-order valence-electron chi connectivity index (χ4n) is 2.69. The Bertz CT molecular complexity index is 373. The highest BCUT2D eigenvalue weighted by Crippen LogP contribution is 2.37. The normalized spacial score (nSPS) is 15.9. The summed E-state index contributed by atoms with van der Waals surface area (Å²) in [6, 6.07) is 4.50. The van der Waals surface area contributed by atoms with Gasteiger partial charge in [-0.2, -0.15) is 0 Å². The van der Waals surface area contributed by atoms with Gasteiger partial charge in [-0.25, -0.2) is 0 Å². The van der Waals surface area contributed by atoms with Gasteiger partial charge in [0.05, 0.1) is 7.11 Å². The molecule has 88 valence electrons. The molecule has 0 fully saturated rings. The Morgan fingerprint density at radius 2 is 2.19 bits per heavy atom. The van der Waals surface area contributed by atoms with Gasteiger partial charge in [-0.3, -0.25) is 0 Å². The Morgan fingerprint density at radius 3 is 2.88 bits per heavy atom. The average Bonchev–Trinajstić information content (AvgIpc) is 2.75. The first-order valence-corrected chi connectivity index (χ1v) is 6.16. The Balaban J connectivity index is 2.38. The van der Waals surface area contributed by atoms with Crippen molar-refractivity contribution in [1.82, 2.24) is 0 Å². The molecule has 0 radical (unpaired) electrons. The molecule has 2 rings (SSSR count). The van der Waals surface area contributed by atoms with Crippen LogP contribution in [0.25, 0.3) is 0 Å². The van der Waals surface area contributed by atoms with Crippen LogP contribution in [0.15, 0.2) is 12.1 Å². The number of nitrogens with two attached hydrogens (primary N) is 1. The summed E-state index contributed by atoms with van der Waals surface area (Å²) in [6.07, 6.45) is 4.66. The Kier molecular flexibility index (Phi) is 3.49. The van der Waals surface area contributed by atoms with Gasteiger partial charge < -0.3 is 10.5 Å². The molecule has 0 saturated heterocycles. The second-order valence-electron chi connectivity index (χ2n) is 4.66. The molecule has 2 nitrogen and oxygen atoms in total. The molecule has 1 unspecified atom stereocenters. The average molecular weight is 219 g/mol. The van der Waals surface area contributed by atoms with Crippen molar-refractivity contribution in [1.29, 1.82) is 0 Å². The van der Waals surface area contributed by atoms with Crippen molar-refractivity contribution in [2.24, 2.45) is 5.73 Å². The quantitative estimate of drug-likeness (QED) is 0.845. The third kappa shape index (κ3) is 1.94. The fourth-order valence-corrected chi connectivity index (χ4v) is 2.69. The van der Waals surface area contributed by atoms with Gasteiger partial charge in [0.2, 0.25) is 0 Å². The molecule has 0 saturated carbocycles. The molecule has 0 amide bonds. The van der Waals surface area contributed by atoms with Crippen LogP contribution in [-0.4, -0.2) is 13.7 Å². The van der Waals surface area contributed by atoms with E-state index in [1.807, 2.05) is 0 Å². The molecule has 0 heterocycles. The van der Waals surface area contributed by atoms with Gasteiger partial charge in [0.1, 0.15) is 5.75 Å². The van der Waals surface area contributed by atoms with Crippen LogP contribution in [0.4, 0.5) is 0 Å². The summed E-state index contributed by atoms with van der Waals surface area (Å²) in [5.41, 5.74) is 9.86. The zero-order valence-electron chi connectivity index (χ0n) is 10.3. The first-order valence-electron chi connectivity index (χ1n) is 6.16. The second-order valence-corrected chi connectivity index (χ2v) is 4.66. The minimum Gasteiger partial charge on any atom is -0.496 e. The van der Waals surface area contributed by atoms with E-state index in [0.717, 1.165) is 18.7 Å². The molecular weight excluding hydrogens is 198 g/mol. The number of ether oxygens (including phenoxy) is 1. The number of rotatable bonds is 4. The monoisotopic (exact) mass is 219 g/mol. The van der Waals surface area contributed by atoms with Crippen LogP contribution in [0.1, 0.15) is 42.4 Å². The number of hydrogen-bond donors (Lipinski definition) is 1. The van der Waals surface area contributed by atoms with Crippen LogP contribution in [0.5, 0.6) is 5.75 Å². The van der Waals surface area contributed by atoms with Crippen molar-refractivity contribution >= 4 is 0 Å². The highest BCUT2D eigenvalue weighted by atomic mass is 16.5. The zero-order chi connectivity index (χ0) is 11.5. The molecule has 0 aromatic heterocycles. The molecular formula is C14H21NO. The molecule has 0 aliphatic heterocycles. The maximum atomic E-state index is 5.63. The van der Waals surface area contributed by atoms with Crippen molar-refractivity contribution in [3.8, 4) is 5.75 Å². The number of hydrogen-bond acceptors (Lipinski definition) is 2. The molecule has 2 heteroatoms. The molecule has 2 N–H and O–H groups in total. The maximum Gasteiger partial charge on any atom is 0.125 e. The second kappa shape index (κ2) is 4.88. The molecule has 1 aromatic carbocycles. The van der Waals surface area contributed by atoms with Crippen LogP contribution in [0.3, 0.4) is 0 Å². The van der Waals surface area contributed by atoms with Crippen molar-refractivity contribution in [2.45, 2.75) is 38.5 Å². The van der Waals surface area contributed by atoms with E-state index >= 15 is 0 Å². The van der Waals surface area contributed by atoms with Gasteiger partial charge in [0, 0.05) is 0 Å². The van der Waals surface area contributed by atoms with E-state index < -0.39 is 0 Å². The zero-order valence-corrected chi connectivity index (χ0v) is 10.3. The van der Waals surface area contributed by atoms with Gasteiger partial charge in [0.15, 0.2) is 0 Å². The molecule has 16 heavy (non-hydrogen) atoms. The number of fused-ring (bicyclic) bond motifs is 1. The summed E-state index contributed by atoms with van der Waals surface area (Å²) >= 11 is 0. The van der Waals surface area contributed by atoms with Crippen molar-refractivity contribution < 1.29 is 4.74 Å². The van der Waals surface area contributed by atoms with E-state index in [1.165, 1.54) is 36.0 Å². The van der Waals surface area contributed by atoms with E-state index in [1.54, 1.807) is 7.11 Å². The summed E-state index contributed by atoms with van der Waals surface area (Å²) in [5, 5.41) is 0. The van der Waals surface area contributed by atoms with Crippen LogP contribution in [0.2, 0.25) is 0 Å². The Morgan fingerprint density at radius 1 is 1.38 bits per heavy atom. The lowest BCUT2D eigenvalue weighted by molar-refractivity contribution is 0.401. The van der Waals surface area contributed by atoms with E-state index in [9.17, 15) is 0 Å². The SMILES string of the molecule is COc1c(C(C)CCN)ccc2c1CCC2. The Labute approximate surface area is 97.8 Å². The van der Waals surface area contributed by atoms with Gasteiger partial charge >= 0.3 is 0 Å². The van der Waals surface area contributed by atoms with Gasteiger partial charge in [0.25, 0.3) is 0 Å². The smallest absolute Gasteiger partial charge is 0.125 e. The van der Waals surface area contributed by atoms with Crippen LogP contribution < -0.4 is 10.5 Å². The van der Waals surface area contributed by atoms with Crippen molar-refractivity contribution in [3.05, 3.63) is 28.8 Å². The summed E-state index contributed by atoms with van der Waals surface area (Å²) in [6.45, 7) is 2.97. The van der Waals surface area contributed by atoms with Crippen molar-refractivity contribution in [3.63, 3.8) is 0 Å². The molecule has 1 aromatic rings. The van der Waals surface area contributed by atoms with Crippen LogP contribution >= 0.6 is 0 Å². The molecule has 1 aliphatic rings. The first-order chi connectivity index (χ1) is 7.77. The van der Waals surface area contributed by atoms with E-state index in [-0.39, 0.29) is 0 Å². The van der Waals surface area contributed by atoms with E-state index in [2.05, 4.69) is 19.1 Å². The summed E-state index contributed by atoms with van der Waals surface area (Å²) in [5.74, 6) is 1.61. The summed E-state index contributed by atoms with van der Waals surface area (Å²) < 4.78 is 5.61. The van der Waals surface area contributed by atoms with Gasteiger partial charge in [-0.05, 0) is 54.8 Å². The summed E-state index contributed by atoms with van der Waals surface area (Å²) in [4.78, 5) is 0. The minimum atomic E-state index is 0.492. The maximum absolute atomic E-state index is 5.63. The lowest BCUT2D eigenvalue weighted by Crippen LogP contribution is -2.07.